The summed E-state index contributed by atoms with van der Waals surface area (Å²) in [5.41, 5.74) is 0.862. The van der Waals surface area contributed by atoms with Crippen LogP contribution in [0.25, 0.3) is 0 Å². The van der Waals surface area contributed by atoms with E-state index in [-0.39, 0.29) is 0 Å². The maximum Gasteiger partial charge on any atom is 0.209 e. The molecule has 1 N–H and O–H groups in total. The van der Waals surface area contributed by atoms with Crippen molar-refractivity contribution in [3.05, 3.63) is 58.6 Å². The van der Waals surface area contributed by atoms with Gasteiger partial charge < -0.3 is 14.8 Å². The van der Waals surface area contributed by atoms with E-state index >= 15 is 0 Å². The second-order valence-corrected chi connectivity index (χ2v) is 7.50. The number of aromatic nitrogens is 2. The Morgan fingerprint density at radius 1 is 1.15 bits per heavy atom. The van der Waals surface area contributed by atoms with Gasteiger partial charge in [0.2, 0.25) is 5.13 Å². The van der Waals surface area contributed by atoms with Gasteiger partial charge in [-0.3, -0.25) is 4.90 Å². The molecular weight excluding hydrogens is 380 g/mol. The first-order valence-electron chi connectivity index (χ1n) is 8.50. The van der Waals surface area contributed by atoms with Gasteiger partial charge in [-0.1, -0.05) is 41.7 Å². The minimum Gasteiger partial charge on any atom is -0.495 e. The van der Waals surface area contributed by atoms with Crippen molar-refractivity contribution < 1.29 is 9.47 Å². The number of rotatable bonds is 9. The van der Waals surface area contributed by atoms with Crippen molar-refractivity contribution in [3.63, 3.8) is 0 Å². The van der Waals surface area contributed by atoms with Gasteiger partial charge in [0.15, 0.2) is 3.95 Å². The zero-order chi connectivity index (χ0) is 19.1. The predicted molar refractivity (Wildman–Crippen MR) is 112 cm³/mol. The van der Waals surface area contributed by atoms with Crippen LogP contribution in [-0.4, -0.2) is 42.0 Å². The number of nitrogens with one attached hydrogen (secondary N) is 1. The summed E-state index contributed by atoms with van der Waals surface area (Å²) < 4.78 is 13.6. The molecule has 142 valence electrons. The minimum atomic E-state index is 0.598. The van der Waals surface area contributed by atoms with Gasteiger partial charge in [0.25, 0.3) is 0 Å². The van der Waals surface area contributed by atoms with Crippen LogP contribution in [0.2, 0.25) is 0 Å². The fourth-order valence-corrected chi connectivity index (χ4v) is 3.45. The number of para-hydroxylation sites is 3. The monoisotopic (exact) mass is 402 g/mol. The van der Waals surface area contributed by atoms with Gasteiger partial charge in [-0.05, 0) is 43.5 Å². The summed E-state index contributed by atoms with van der Waals surface area (Å²) in [7, 11) is 3.66. The molecule has 8 heteroatoms. The van der Waals surface area contributed by atoms with Gasteiger partial charge >= 0.3 is 0 Å². The number of hydrogen-bond acceptors (Lipinski definition) is 7. The van der Waals surface area contributed by atoms with E-state index in [1.807, 2.05) is 61.6 Å². The van der Waals surface area contributed by atoms with Crippen LogP contribution in [0.5, 0.6) is 11.5 Å². The largest absolute Gasteiger partial charge is 0.495 e. The molecule has 0 saturated carbocycles. The molecule has 2 aromatic carbocycles. The Morgan fingerprint density at radius 2 is 1.89 bits per heavy atom. The molecule has 0 fully saturated rings. The van der Waals surface area contributed by atoms with Crippen molar-refractivity contribution in [3.8, 4) is 11.5 Å². The molecule has 0 aliphatic carbocycles. The van der Waals surface area contributed by atoms with Crippen molar-refractivity contribution in [1.82, 2.24) is 14.7 Å². The maximum absolute atomic E-state index is 5.73. The quantitative estimate of drug-likeness (QED) is 0.536. The number of benzene rings is 2. The zero-order valence-corrected chi connectivity index (χ0v) is 16.9. The average Bonchev–Trinajstić information content (AvgIpc) is 3.02. The summed E-state index contributed by atoms with van der Waals surface area (Å²) in [6.45, 7) is 1.97. The average molecular weight is 403 g/mol. The Balaban J connectivity index is 1.55. The molecule has 0 atom stereocenters. The molecule has 1 heterocycles. The van der Waals surface area contributed by atoms with Gasteiger partial charge in [-0.25, -0.2) is 4.68 Å². The fraction of sp³-hybridized carbons (Fsp3) is 0.263. The highest BCUT2D eigenvalue weighted by Gasteiger charge is 2.09. The SMILES string of the molecule is COc1ccccc1Nc1nn(CN(C)CCOc2ccccc2)c(=S)s1. The number of likely N-dealkylation sites (N-methyl/N-ethyl adjacent to an activating group) is 1. The van der Waals surface area contributed by atoms with E-state index in [2.05, 4.69) is 15.3 Å². The topological polar surface area (TPSA) is 51.5 Å². The Morgan fingerprint density at radius 3 is 2.67 bits per heavy atom. The Hall–Kier alpha value is -2.42. The standard InChI is InChI=1S/C19H22N4O2S2/c1-22(12-13-25-15-8-4-3-5-9-15)14-23-19(26)27-18(21-23)20-16-10-6-7-11-17(16)24-2/h3-11H,12-14H2,1-2H3,(H,20,21). The molecular formula is C19H22N4O2S2. The van der Waals surface area contributed by atoms with E-state index in [4.69, 9.17) is 21.7 Å². The third kappa shape index (κ3) is 5.53. The van der Waals surface area contributed by atoms with Crippen molar-refractivity contribution >= 4 is 34.4 Å². The van der Waals surface area contributed by atoms with Gasteiger partial charge in [-0.15, -0.1) is 5.10 Å². The van der Waals surface area contributed by atoms with Crippen LogP contribution < -0.4 is 14.8 Å². The third-order valence-corrected chi connectivity index (χ3v) is 5.04. The number of ether oxygens (including phenoxy) is 2. The third-order valence-electron chi connectivity index (χ3n) is 3.82. The first-order chi connectivity index (χ1) is 13.2. The van der Waals surface area contributed by atoms with Gasteiger partial charge in [0.05, 0.1) is 19.5 Å². The van der Waals surface area contributed by atoms with Gasteiger partial charge in [-0.2, -0.15) is 0 Å². The molecule has 0 spiro atoms. The fourth-order valence-electron chi connectivity index (χ4n) is 2.44. The summed E-state index contributed by atoms with van der Waals surface area (Å²) in [5, 5.41) is 8.58. The van der Waals surface area contributed by atoms with E-state index < -0.39 is 0 Å². The van der Waals surface area contributed by atoms with E-state index in [0.717, 1.165) is 28.9 Å². The van der Waals surface area contributed by atoms with Crippen molar-refractivity contribution in [2.24, 2.45) is 0 Å². The first kappa shape index (κ1) is 19.3. The number of hydrogen-bond donors (Lipinski definition) is 1. The molecule has 0 radical (unpaired) electrons. The molecule has 0 aliphatic rings. The lowest BCUT2D eigenvalue weighted by molar-refractivity contribution is 0.198. The predicted octanol–water partition coefficient (Wildman–Crippen LogP) is 4.39. The molecule has 6 nitrogen and oxygen atoms in total. The van der Waals surface area contributed by atoms with Crippen LogP contribution in [0.1, 0.15) is 0 Å². The van der Waals surface area contributed by atoms with Crippen LogP contribution in [0.15, 0.2) is 54.6 Å². The second kappa shape index (κ2) is 9.50. The van der Waals surface area contributed by atoms with Gasteiger partial charge in [0, 0.05) is 6.54 Å². The van der Waals surface area contributed by atoms with Crippen molar-refractivity contribution in [2.75, 3.05) is 32.6 Å². The molecule has 0 unspecified atom stereocenters. The summed E-state index contributed by atoms with van der Waals surface area (Å²) in [6, 6.07) is 17.5. The van der Waals surface area contributed by atoms with Crippen LogP contribution in [0, 0.1) is 3.95 Å². The highest BCUT2D eigenvalue weighted by atomic mass is 32.1. The normalized spacial score (nSPS) is 10.8. The van der Waals surface area contributed by atoms with E-state index in [0.29, 0.717) is 17.2 Å². The number of anilines is 2. The summed E-state index contributed by atoms with van der Waals surface area (Å²) in [6.07, 6.45) is 0. The van der Waals surface area contributed by atoms with E-state index in [1.165, 1.54) is 11.3 Å². The summed E-state index contributed by atoms with van der Waals surface area (Å²) >= 11 is 6.88. The zero-order valence-electron chi connectivity index (χ0n) is 15.3. The molecule has 27 heavy (non-hydrogen) atoms. The van der Waals surface area contributed by atoms with Crippen LogP contribution in [0.4, 0.5) is 10.8 Å². The minimum absolute atomic E-state index is 0.598. The Kier molecular flexibility index (Phi) is 6.80. The van der Waals surface area contributed by atoms with Crippen LogP contribution >= 0.6 is 23.6 Å². The lowest BCUT2D eigenvalue weighted by atomic mass is 10.3. The van der Waals surface area contributed by atoms with E-state index in [1.54, 1.807) is 11.8 Å². The number of nitrogens with zero attached hydrogens (tertiary/aromatic N) is 3. The molecule has 3 rings (SSSR count). The van der Waals surface area contributed by atoms with Crippen molar-refractivity contribution in [2.45, 2.75) is 6.67 Å². The Labute approximate surface area is 168 Å². The Bertz CT molecular complexity index is 911. The molecule has 3 aromatic rings. The summed E-state index contributed by atoms with van der Waals surface area (Å²) in [4.78, 5) is 2.12. The van der Waals surface area contributed by atoms with Gasteiger partial charge in [0.1, 0.15) is 18.1 Å². The molecule has 0 aliphatic heterocycles. The second-order valence-electron chi connectivity index (χ2n) is 5.88. The first-order valence-corrected chi connectivity index (χ1v) is 9.72. The molecule has 1 aromatic heterocycles. The number of methoxy groups -OCH3 is 1. The smallest absolute Gasteiger partial charge is 0.209 e. The lowest BCUT2D eigenvalue weighted by Gasteiger charge is -2.16. The lowest BCUT2D eigenvalue weighted by Crippen LogP contribution is -2.27. The highest BCUT2D eigenvalue weighted by Crippen LogP contribution is 2.28. The molecule has 0 amide bonds. The summed E-state index contributed by atoms with van der Waals surface area (Å²) in [5.74, 6) is 1.64. The highest BCUT2D eigenvalue weighted by molar-refractivity contribution is 7.73. The van der Waals surface area contributed by atoms with E-state index in [9.17, 15) is 0 Å². The van der Waals surface area contributed by atoms with Crippen LogP contribution in [-0.2, 0) is 6.67 Å². The molecule has 0 bridgehead atoms. The van der Waals surface area contributed by atoms with Crippen molar-refractivity contribution in [1.29, 1.82) is 0 Å². The maximum atomic E-state index is 5.73. The van der Waals surface area contributed by atoms with Crippen LogP contribution in [0.3, 0.4) is 0 Å². The molecule has 0 saturated heterocycles.